The van der Waals surface area contributed by atoms with Crippen LogP contribution in [0.4, 0.5) is 17.6 Å². The monoisotopic (exact) mass is 329 g/mol. The summed E-state index contributed by atoms with van der Waals surface area (Å²) in [6.45, 7) is -1.41. The summed E-state index contributed by atoms with van der Waals surface area (Å²) in [5, 5.41) is 18.3. The van der Waals surface area contributed by atoms with Gasteiger partial charge in [0.2, 0.25) is 0 Å². The van der Waals surface area contributed by atoms with Crippen LogP contribution in [-0.4, -0.2) is 47.1 Å². The van der Waals surface area contributed by atoms with Crippen molar-refractivity contribution in [2.75, 3.05) is 19.7 Å². The lowest BCUT2D eigenvalue weighted by atomic mass is 10.1. The predicted octanol–water partition coefficient (Wildman–Crippen LogP) is 2.59. The highest BCUT2D eigenvalue weighted by Gasteiger charge is 2.28. The quantitative estimate of drug-likeness (QED) is 0.756. The summed E-state index contributed by atoms with van der Waals surface area (Å²) in [6.07, 6.45) is -6.66. The zero-order valence-electron chi connectivity index (χ0n) is 11.1. The lowest BCUT2D eigenvalue weighted by Crippen LogP contribution is -2.36. The highest BCUT2D eigenvalue weighted by molar-refractivity contribution is 6.31. The summed E-state index contributed by atoms with van der Waals surface area (Å²) in [4.78, 5) is 1.21. The molecular weight excluding hydrogens is 314 g/mol. The van der Waals surface area contributed by atoms with Crippen LogP contribution >= 0.6 is 11.6 Å². The first-order valence-electron chi connectivity index (χ1n) is 6.24. The van der Waals surface area contributed by atoms with Gasteiger partial charge in [0.05, 0.1) is 19.1 Å². The van der Waals surface area contributed by atoms with E-state index in [1.807, 2.05) is 0 Å². The van der Waals surface area contributed by atoms with Crippen LogP contribution in [0.5, 0.6) is 0 Å². The van der Waals surface area contributed by atoms with E-state index in [1.165, 1.54) is 17.0 Å². The first kappa shape index (κ1) is 18.2. The van der Waals surface area contributed by atoms with E-state index < -0.39 is 37.7 Å². The van der Waals surface area contributed by atoms with Gasteiger partial charge < -0.3 is 10.2 Å². The molecule has 0 saturated carbocycles. The number of nitrogens with zero attached hydrogens (tertiary/aromatic N) is 1. The van der Waals surface area contributed by atoms with Crippen LogP contribution in [0, 0.1) is 5.82 Å². The number of halogens is 5. The second-order valence-electron chi connectivity index (χ2n) is 4.64. The lowest BCUT2D eigenvalue weighted by Gasteiger charge is -2.25. The van der Waals surface area contributed by atoms with Crippen molar-refractivity contribution >= 4 is 11.6 Å². The maximum atomic E-state index is 13.7. The molecule has 0 heterocycles. The number of benzene rings is 1. The van der Waals surface area contributed by atoms with Gasteiger partial charge in [-0.15, -0.1) is 0 Å². The molecule has 0 aromatic heterocycles. The van der Waals surface area contributed by atoms with Gasteiger partial charge in [0, 0.05) is 30.2 Å². The Morgan fingerprint density at radius 3 is 2.48 bits per heavy atom. The van der Waals surface area contributed by atoms with Crippen LogP contribution in [0.1, 0.15) is 12.0 Å². The molecule has 0 aliphatic heterocycles. The summed E-state index contributed by atoms with van der Waals surface area (Å²) in [6, 6.07) is 3.99. The molecule has 0 saturated heterocycles. The van der Waals surface area contributed by atoms with Gasteiger partial charge in [0.1, 0.15) is 5.82 Å². The van der Waals surface area contributed by atoms with Gasteiger partial charge in [-0.2, -0.15) is 13.2 Å². The predicted molar refractivity (Wildman–Crippen MR) is 70.5 cm³/mol. The van der Waals surface area contributed by atoms with Gasteiger partial charge in [-0.1, -0.05) is 17.7 Å². The van der Waals surface area contributed by atoms with Crippen molar-refractivity contribution < 1.29 is 27.8 Å². The van der Waals surface area contributed by atoms with Crippen molar-refractivity contribution in [3.63, 3.8) is 0 Å². The molecule has 1 aromatic rings. The third kappa shape index (κ3) is 6.60. The molecule has 3 nitrogen and oxygen atoms in total. The largest absolute Gasteiger partial charge is 0.394 e. The van der Waals surface area contributed by atoms with Crippen LogP contribution in [0.25, 0.3) is 0 Å². The van der Waals surface area contributed by atoms with Crippen LogP contribution in [-0.2, 0) is 6.54 Å². The Bertz CT molecular complexity index is 436. The van der Waals surface area contributed by atoms with Crippen molar-refractivity contribution in [3.05, 3.63) is 34.6 Å². The third-order valence-electron chi connectivity index (χ3n) is 2.83. The average Bonchev–Trinajstić information content (AvgIpc) is 2.39. The van der Waals surface area contributed by atoms with Gasteiger partial charge in [-0.05, 0) is 12.1 Å². The maximum absolute atomic E-state index is 13.7. The molecule has 0 radical (unpaired) electrons. The highest BCUT2D eigenvalue weighted by Crippen LogP contribution is 2.23. The molecule has 2 N–H and O–H groups in total. The van der Waals surface area contributed by atoms with Crippen molar-refractivity contribution in [1.29, 1.82) is 0 Å². The van der Waals surface area contributed by atoms with Crippen LogP contribution in [0.15, 0.2) is 18.2 Å². The van der Waals surface area contributed by atoms with E-state index >= 15 is 0 Å². The fraction of sp³-hybridized carbons (Fsp3) is 0.538. The number of hydrogen-bond acceptors (Lipinski definition) is 3. The molecule has 120 valence electrons. The van der Waals surface area contributed by atoms with Crippen molar-refractivity contribution in [2.24, 2.45) is 0 Å². The van der Waals surface area contributed by atoms with E-state index in [0.29, 0.717) is 0 Å². The standard InChI is InChI=1S/C13H16ClF4NO2/c14-11-2-1-3-12(15)10(11)7-19(6-9(21)8-20)5-4-13(16,17)18/h1-3,9,20-21H,4-8H2/t9-/m0/s1. The lowest BCUT2D eigenvalue weighted by molar-refractivity contribution is -0.139. The minimum absolute atomic E-state index is 0.0616. The molecule has 0 aliphatic rings. The average molecular weight is 330 g/mol. The van der Waals surface area contributed by atoms with Gasteiger partial charge in [0.25, 0.3) is 0 Å². The zero-order chi connectivity index (χ0) is 16.0. The minimum atomic E-state index is -4.36. The molecule has 8 heteroatoms. The maximum Gasteiger partial charge on any atom is 0.390 e. The number of hydrogen-bond donors (Lipinski definition) is 2. The molecule has 1 rings (SSSR count). The fourth-order valence-corrected chi connectivity index (χ4v) is 2.01. The van der Waals surface area contributed by atoms with E-state index in [9.17, 15) is 22.7 Å². The van der Waals surface area contributed by atoms with E-state index in [1.54, 1.807) is 0 Å². The molecule has 1 aromatic carbocycles. The number of alkyl halides is 3. The minimum Gasteiger partial charge on any atom is -0.394 e. The SMILES string of the molecule is OC[C@@H](O)CN(CCC(F)(F)F)Cc1c(F)cccc1Cl. The normalized spacial score (nSPS) is 13.7. The fourth-order valence-electron chi connectivity index (χ4n) is 1.78. The van der Waals surface area contributed by atoms with Crippen molar-refractivity contribution in [2.45, 2.75) is 25.2 Å². The second-order valence-corrected chi connectivity index (χ2v) is 5.04. The molecule has 0 amide bonds. The molecule has 0 bridgehead atoms. The van der Waals surface area contributed by atoms with Crippen LogP contribution in [0.2, 0.25) is 5.02 Å². The van der Waals surface area contributed by atoms with E-state index in [2.05, 4.69) is 0 Å². The zero-order valence-corrected chi connectivity index (χ0v) is 11.8. The first-order valence-corrected chi connectivity index (χ1v) is 6.61. The van der Waals surface area contributed by atoms with Gasteiger partial charge in [-0.3, -0.25) is 4.90 Å². The molecular formula is C13H16ClF4NO2. The topological polar surface area (TPSA) is 43.7 Å². The van der Waals surface area contributed by atoms with Crippen LogP contribution < -0.4 is 0 Å². The second kappa shape index (κ2) is 7.93. The summed E-state index contributed by atoms with van der Waals surface area (Å²) in [5.41, 5.74) is 0.0616. The smallest absolute Gasteiger partial charge is 0.390 e. The molecule has 0 spiro atoms. The molecule has 0 unspecified atom stereocenters. The number of rotatable bonds is 7. The Morgan fingerprint density at radius 2 is 1.95 bits per heavy atom. The Kier molecular flexibility index (Phi) is 6.86. The summed E-state index contributed by atoms with van der Waals surface area (Å²) >= 11 is 5.83. The summed E-state index contributed by atoms with van der Waals surface area (Å²) in [5.74, 6) is -0.627. The van der Waals surface area contributed by atoms with Crippen LogP contribution in [0.3, 0.4) is 0 Å². The van der Waals surface area contributed by atoms with E-state index in [4.69, 9.17) is 16.7 Å². The van der Waals surface area contributed by atoms with E-state index in [0.717, 1.165) is 6.07 Å². The van der Waals surface area contributed by atoms with Gasteiger partial charge >= 0.3 is 6.18 Å². The summed E-state index contributed by atoms with van der Waals surface area (Å²) in [7, 11) is 0. The number of aliphatic hydroxyl groups is 2. The highest BCUT2D eigenvalue weighted by atomic mass is 35.5. The van der Waals surface area contributed by atoms with Crippen molar-refractivity contribution in [3.8, 4) is 0 Å². The number of aliphatic hydroxyl groups excluding tert-OH is 2. The Morgan fingerprint density at radius 1 is 1.29 bits per heavy atom. The van der Waals surface area contributed by atoms with Gasteiger partial charge in [0.15, 0.2) is 0 Å². The van der Waals surface area contributed by atoms with Crippen molar-refractivity contribution in [1.82, 2.24) is 4.90 Å². The Labute approximate surface area is 124 Å². The summed E-state index contributed by atoms with van der Waals surface area (Å²) < 4.78 is 50.5. The third-order valence-corrected chi connectivity index (χ3v) is 3.19. The molecule has 1 atom stereocenters. The molecule has 0 fully saturated rings. The van der Waals surface area contributed by atoms with Gasteiger partial charge in [-0.25, -0.2) is 4.39 Å². The molecule has 21 heavy (non-hydrogen) atoms. The first-order chi connectivity index (χ1) is 9.73. The molecule has 0 aliphatic carbocycles. The van der Waals surface area contributed by atoms with E-state index in [-0.39, 0.29) is 23.7 Å². The Hall–Kier alpha value is -0.890. The Balaban J connectivity index is 2.80.